The molecule has 1 aliphatic heterocycles. The Labute approximate surface area is 150 Å². The molecule has 3 rings (SSSR count). The number of amides is 1. The molecule has 26 heavy (non-hydrogen) atoms. The van der Waals surface area contributed by atoms with Gasteiger partial charge in [0.15, 0.2) is 5.76 Å². The van der Waals surface area contributed by atoms with Gasteiger partial charge < -0.3 is 24.1 Å². The van der Waals surface area contributed by atoms with Crippen LogP contribution in [-0.2, 0) is 6.42 Å². The van der Waals surface area contributed by atoms with Gasteiger partial charge in [0.25, 0.3) is 5.91 Å². The number of hydrogen-bond donors (Lipinski definition) is 1. The van der Waals surface area contributed by atoms with Crippen LogP contribution in [0, 0.1) is 0 Å². The third-order valence-electron chi connectivity index (χ3n) is 4.25. The van der Waals surface area contributed by atoms with Gasteiger partial charge >= 0.3 is 5.97 Å². The highest BCUT2D eigenvalue weighted by Gasteiger charge is 2.27. The molecular weight excluding hydrogens is 340 g/mol. The zero-order chi connectivity index (χ0) is 18.7. The maximum absolute atomic E-state index is 12.6. The van der Waals surface area contributed by atoms with Crippen molar-refractivity contribution in [1.29, 1.82) is 0 Å². The molecule has 1 fully saturated rings. The van der Waals surface area contributed by atoms with E-state index in [1.807, 2.05) is 4.90 Å². The Kier molecular flexibility index (Phi) is 5.06. The van der Waals surface area contributed by atoms with Crippen LogP contribution in [-0.4, -0.2) is 65.1 Å². The molecule has 0 radical (unpaired) electrons. The van der Waals surface area contributed by atoms with Crippen LogP contribution < -0.4 is 9.64 Å². The van der Waals surface area contributed by atoms with Gasteiger partial charge in [0.05, 0.1) is 7.11 Å². The van der Waals surface area contributed by atoms with Gasteiger partial charge in [-0.05, 0) is 0 Å². The first-order valence-electron chi connectivity index (χ1n) is 8.30. The van der Waals surface area contributed by atoms with E-state index in [1.165, 1.54) is 6.07 Å². The van der Waals surface area contributed by atoms with Gasteiger partial charge in [-0.3, -0.25) is 4.79 Å². The Hall–Kier alpha value is -3.10. The minimum atomic E-state index is -1.09. The summed E-state index contributed by atoms with van der Waals surface area (Å²) >= 11 is 0. The number of furan rings is 1. The van der Waals surface area contributed by atoms with Crippen molar-refractivity contribution >= 4 is 17.8 Å². The van der Waals surface area contributed by atoms with Crippen LogP contribution in [0.1, 0.15) is 33.6 Å². The summed E-state index contributed by atoms with van der Waals surface area (Å²) in [6.45, 7) is 3.83. The standard InChI is InChI=1S/C17H20N4O5/c1-3-12-11(16(23)24)10-13(26-12)15(22)20-6-8-21(9-7-20)17-18-5-4-14(19-17)25-2/h4-5,10H,3,6-9H2,1-2H3,(H,23,24). The fourth-order valence-corrected chi connectivity index (χ4v) is 2.84. The number of carbonyl (C=O) groups is 2. The van der Waals surface area contributed by atoms with E-state index < -0.39 is 5.97 Å². The first-order valence-corrected chi connectivity index (χ1v) is 8.30. The second-order valence-electron chi connectivity index (χ2n) is 5.78. The average Bonchev–Trinajstić information content (AvgIpc) is 3.12. The summed E-state index contributed by atoms with van der Waals surface area (Å²) in [5.41, 5.74) is 0.0410. The van der Waals surface area contributed by atoms with Crippen molar-refractivity contribution in [3.05, 3.63) is 35.4 Å². The minimum Gasteiger partial charge on any atom is -0.481 e. The highest BCUT2D eigenvalue weighted by molar-refractivity contribution is 5.96. The van der Waals surface area contributed by atoms with Crippen molar-refractivity contribution < 1.29 is 23.8 Å². The van der Waals surface area contributed by atoms with Crippen LogP contribution in [0.5, 0.6) is 5.88 Å². The van der Waals surface area contributed by atoms with Crippen molar-refractivity contribution in [2.75, 3.05) is 38.2 Å². The lowest BCUT2D eigenvalue weighted by Crippen LogP contribution is -2.49. The predicted octanol–water partition coefficient (Wildman–Crippen LogP) is 1.30. The number of aryl methyl sites for hydroxylation is 1. The number of aromatic nitrogens is 2. The predicted molar refractivity (Wildman–Crippen MR) is 91.7 cm³/mol. The van der Waals surface area contributed by atoms with E-state index >= 15 is 0 Å². The molecule has 1 N–H and O–H groups in total. The molecule has 9 heteroatoms. The van der Waals surface area contributed by atoms with Crippen molar-refractivity contribution in [1.82, 2.24) is 14.9 Å². The Morgan fingerprint density at radius 2 is 2.04 bits per heavy atom. The Morgan fingerprint density at radius 1 is 1.31 bits per heavy atom. The molecule has 138 valence electrons. The molecule has 1 saturated heterocycles. The summed E-state index contributed by atoms with van der Waals surface area (Å²) in [6, 6.07) is 2.98. The molecule has 0 aliphatic carbocycles. The summed E-state index contributed by atoms with van der Waals surface area (Å²) in [5, 5.41) is 9.19. The van der Waals surface area contributed by atoms with Gasteiger partial charge in [0.2, 0.25) is 11.8 Å². The number of carboxylic acids is 1. The molecular formula is C17H20N4O5. The Bertz CT molecular complexity index is 811. The number of anilines is 1. The second-order valence-corrected chi connectivity index (χ2v) is 5.78. The number of piperazine rings is 1. The molecule has 9 nitrogen and oxygen atoms in total. The van der Waals surface area contributed by atoms with E-state index in [9.17, 15) is 14.7 Å². The van der Waals surface area contributed by atoms with E-state index in [0.29, 0.717) is 50.2 Å². The second kappa shape index (κ2) is 7.42. The summed E-state index contributed by atoms with van der Waals surface area (Å²) < 4.78 is 10.6. The normalized spacial score (nSPS) is 14.4. The number of methoxy groups -OCH3 is 1. The number of aromatic carboxylic acids is 1. The number of hydrogen-bond acceptors (Lipinski definition) is 7. The van der Waals surface area contributed by atoms with Gasteiger partial charge in [0, 0.05) is 50.9 Å². The molecule has 1 amide bonds. The van der Waals surface area contributed by atoms with Gasteiger partial charge in [0.1, 0.15) is 11.3 Å². The maximum atomic E-state index is 12.6. The number of rotatable bonds is 5. The Morgan fingerprint density at radius 3 is 2.62 bits per heavy atom. The fourth-order valence-electron chi connectivity index (χ4n) is 2.84. The lowest BCUT2D eigenvalue weighted by Gasteiger charge is -2.34. The quantitative estimate of drug-likeness (QED) is 0.850. The third kappa shape index (κ3) is 3.46. The van der Waals surface area contributed by atoms with Crippen molar-refractivity contribution in [3.63, 3.8) is 0 Å². The van der Waals surface area contributed by atoms with Crippen LogP contribution in [0.3, 0.4) is 0 Å². The van der Waals surface area contributed by atoms with Gasteiger partial charge in [-0.15, -0.1) is 0 Å². The van der Waals surface area contributed by atoms with Gasteiger partial charge in [-0.25, -0.2) is 9.78 Å². The van der Waals surface area contributed by atoms with Crippen LogP contribution >= 0.6 is 0 Å². The van der Waals surface area contributed by atoms with Crippen LogP contribution in [0.2, 0.25) is 0 Å². The van der Waals surface area contributed by atoms with Crippen molar-refractivity contribution in [3.8, 4) is 5.88 Å². The molecule has 0 saturated carbocycles. The number of nitrogens with zero attached hydrogens (tertiary/aromatic N) is 4. The van der Waals surface area contributed by atoms with Crippen molar-refractivity contribution in [2.24, 2.45) is 0 Å². The van der Waals surface area contributed by atoms with E-state index in [0.717, 1.165) is 0 Å². The zero-order valence-electron chi connectivity index (χ0n) is 14.6. The fraction of sp³-hybridized carbons (Fsp3) is 0.412. The molecule has 0 atom stereocenters. The first-order chi connectivity index (χ1) is 12.5. The summed E-state index contributed by atoms with van der Waals surface area (Å²) in [4.78, 5) is 36.0. The summed E-state index contributed by atoms with van der Waals surface area (Å²) in [7, 11) is 1.54. The molecule has 0 aromatic carbocycles. The van der Waals surface area contributed by atoms with Gasteiger partial charge in [-0.2, -0.15) is 4.98 Å². The third-order valence-corrected chi connectivity index (χ3v) is 4.25. The monoisotopic (exact) mass is 360 g/mol. The molecule has 3 heterocycles. The van der Waals surface area contributed by atoms with Gasteiger partial charge in [-0.1, -0.05) is 6.92 Å². The molecule has 0 bridgehead atoms. The number of ether oxygens (including phenoxy) is 1. The maximum Gasteiger partial charge on any atom is 0.339 e. The molecule has 2 aromatic rings. The summed E-state index contributed by atoms with van der Waals surface area (Å²) in [5.74, 6) is 0.00548. The van der Waals surface area contributed by atoms with Crippen LogP contribution in [0.4, 0.5) is 5.95 Å². The molecule has 1 aliphatic rings. The molecule has 0 spiro atoms. The average molecular weight is 360 g/mol. The Balaban J connectivity index is 1.68. The van der Waals surface area contributed by atoms with E-state index in [4.69, 9.17) is 9.15 Å². The van der Waals surface area contributed by atoms with E-state index in [2.05, 4.69) is 9.97 Å². The highest BCUT2D eigenvalue weighted by Crippen LogP contribution is 2.20. The van der Waals surface area contributed by atoms with Crippen LogP contribution in [0.25, 0.3) is 0 Å². The number of carboxylic acid groups (broad SMARTS) is 1. The molecule has 0 unspecified atom stereocenters. The SMILES string of the molecule is CCc1oc(C(=O)N2CCN(c3nccc(OC)n3)CC2)cc1C(=O)O. The number of carbonyl (C=O) groups excluding carboxylic acids is 1. The van der Waals surface area contributed by atoms with E-state index in [-0.39, 0.29) is 17.2 Å². The van der Waals surface area contributed by atoms with E-state index in [1.54, 1.807) is 31.2 Å². The lowest BCUT2D eigenvalue weighted by atomic mass is 10.2. The zero-order valence-corrected chi connectivity index (χ0v) is 14.6. The first kappa shape index (κ1) is 17.7. The highest BCUT2D eigenvalue weighted by atomic mass is 16.5. The molecule has 2 aromatic heterocycles. The lowest BCUT2D eigenvalue weighted by molar-refractivity contribution is 0.0689. The smallest absolute Gasteiger partial charge is 0.339 e. The van der Waals surface area contributed by atoms with Crippen LogP contribution in [0.15, 0.2) is 22.7 Å². The summed E-state index contributed by atoms with van der Waals surface area (Å²) in [6.07, 6.45) is 2.04. The largest absolute Gasteiger partial charge is 0.481 e. The van der Waals surface area contributed by atoms with Crippen molar-refractivity contribution in [2.45, 2.75) is 13.3 Å². The minimum absolute atomic E-state index is 0.0410. The topological polar surface area (TPSA) is 109 Å².